The van der Waals surface area contributed by atoms with Crippen molar-refractivity contribution in [3.05, 3.63) is 54.1 Å². The van der Waals surface area contributed by atoms with E-state index in [-0.39, 0.29) is 5.75 Å². The van der Waals surface area contributed by atoms with Gasteiger partial charge in [-0.25, -0.2) is 0 Å². The molecule has 0 unspecified atom stereocenters. The fourth-order valence-corrected chi connectivity index (χ4v) is 1.61. The SMILES string of the molecule is Cc1cccc(Oc2ccc(OC(F)(F)Cl)cc2)c1. The second-order valence-electron chi connectivity index (χ2n) is 3.94. The molecule has 0 radical (unpaired) electrons. The van der Waals surface area contributed by atoms with Crippen LogP contribution in [0.15, 0.2) is 48.5 Å². The highest BCUT2D eigenvalue weighted by Gasteiger charge is 2.27. The lowest BCUT2D eigenvalue weighted by molar-refractivity contribution is -0.0964. The molecular weight excluding hydrogens is 274 g/mol. The van der Waals surface area contributed by atoms with Crippen LogP contribution in [0.2, 0.25) is 0 Å². The van der Waals surface area contributed by atoms with Crippen molar-refractivity contribution in [3.63, 3.8) is 0 Å². The summed E-state index contributed by atoms with van der Waals surface area (Å²) in [7, 11) is 0. The lowest BCUT2D eigenvalue weighted by atomic mass is 10.2. The first-order valence-electron chi connectivity index (χ1n) is 5.53. The topological polar surface area (TPSA) is 18.5 Å². The minimum atomic E-state index is -3.71. The van der Waals surface area contributed by atoms with Crippen molar-refractivity contribution in [2.45, 2.75) is 12.5 Å². The van der Waals surface area contributed by atoms with Crippen LogP contribution in [0, 0.1) is 6.92 Å². The predicted molar refractivity (Wildman–Crippen MR) is 69.1 cm³/mol. The lowest BCUT2D eigenvalue weighted by Crippen LogP contribution is -2.15. The van der Waals surface area contributed by atoms with Gasteiger partial charge in [0.2, 0.25) is 0 Å². The zero-order chi connectivity index (χ0) is 13.9. The first-order valence-corrected chi connectivity index (χ1v) is 5.90. The van der Waals surface area contributed by atoms with E-state index in [0.29, 0.717) is 11.5 Å². The highest BCUT2D eigenvalue weighted by molar-refractivity contribution is 6.20. The van der Waals surface area contributed by atoms with E-state index in [0.717, 1.165) is 5.56 Å². The average molecular weight is 285 g/mol. The maximum atomic E-state index is 12.4. The van der Waals surface area contributed by atoms with Gasteiger partial charge in [0.05, 0.1) is 0 Å². The third kappa shape index (κ3) is 4.41. The van der Waals surface area contributed by atoms with Crippen LogP contribution >= 0.6 is 11.6 Å². The maximum Gasteiger partial charge on any atom is 0.487 e. The van der Waals surface area contributed by atoms with Gasteiger partial charge in [-0.15, -0.1) is 8.78 Å². The Morgan fingerprint density at radius 1 is 0.947 bits per heavy atom. The van der Waals surface area contributed by atoms with E-state index in [1.807, 2.05) is 31.2 Å². The quantitative estimate of drug-likeness (QED) is 0.739. The zero-order valence-electron chi connectivity index (χ0n) is 10.1. The van der Waals surface area contributed by atoms with Gasteiger partial charge in [0.25, 0.3) is 0 Å². The number of hydrogen-bond acceptors (Lipinski definition) is 2. The number of ether oxygens (including phenoxy) is 2. The summed E-state index contributed by atoms with van der Waals surface area (Å²) in [5.74, 6) is 1.17. The van der Waals surface area contributed by atoms with Gasteiger partial charge in [-0.3, -0.25) is 0 Å². The Hall–Kier alpha value is -1.81. The molecule has 0 fully saturated rings. The van der Waals surface area contributed by atoms with Crippen LogP contribution in [-0.2, 0) is 0 Å². The summed E-state index contributed by atoms with van der Waals surface area (Å²) >= 11 is 4.67. The molecule has 0 aromatic heterocycles. The minimum absolute atomic E-state index is 0.0309. The van der Waals surface area contributed by atoms with Crippen molar-refractivity contribution >= 4 is 11.6 Å². The van der Waals surface area contributed by atoms with Gasteiger partial charge in [0.1, 0.15) is 17.2 Å². The van der Waals surface area contributed by atoms with E-state index < -0.39 is 5.57 Å². The van der Waals surface area contributed by atoms with Crippen LogP contribution < -0.4 is 9.47 Å². The summed E-state index contributed by atoms with van der Waals surface area (Å²) in [4.78, 5) is 0. The molecule has 0 atom stereocenters. The third-order valence-electron chi connectivity index (χ3n) is 2.28. The average Bonchev–Trinajstić information content (AvgIpc) is 2.30. The number of benzene rings is 2. The van der Waals surface area contributed by atoms with E-state index >= 15 is 0 Å². The van der Waals surface area contributed by atoms with Crippen LogP contribution in [0.1, 0.15) is 5.56 Å². The molecule has 0 aliphatic heterocycles. The predicted octanol–water partition coefficient (Wildman–Crippen LogP) is 4.96. The highest BCUT2D eigenvalue weighted by Crippen LogP contribution is 2.28. The number of aryl methyl sites for hydroxylation is 1. The van der Waals surface area contributed by atoms with Gasteiger partial charge < -0.3 is 9.47 Å². The van der Waals surface area contributed by atoms with Gasteiger partial charge in [-0.1, -0.05) is 12.1 Å². The van der Waals surface area contributed by atoms with Gasteiger partial charge in [0, 0.05) is 11.6 Å². The number of alkyl halides is 3. The summed E-state index contributed by atoms with van der Waals surface area (Å²) in [6, 6.07) is 13.3. The second kappa shape index (κ2) is 5.45. The van der Waals surface area contributed by atoms with Gasteiger partial charge in [0.15, 0.2) is 0 Å². The van der Waals surface area contributed by atoms with Crippen molar-refractivity contribution in [1.82, 2.24) is 0 Å². The fourth-order valence-electron chi connectivity index (χ4n) is 1.52. The molecule has 19 heavy (non-hydrogen) atoms. The van der Waals surface area contributed by atoms with Gasteiger partial charge in [-0.2, -0.15) is 0 Å². The maximum absolute atomic E-state index is 12.4. The molecule has 0 aliphatic carbocycles. The zero-order valence-corrected chi connectivity index (χ0v) is 10.8. The first-order chi connectivity index (χ1) is 8.92. The molecule has 2 aromatic carbocycles. The number of rotatable bonds is 4. The Bertz CT molecular complexity index is 550. The highest BCUT2D eigenvalue weighted by atomic mass is 35.5. The second-order valence-corrected chi connectivity index (χ2v) is 4.38. The first kappa shape index (κ1) is 13.6. The van der Waals surface area contributed by atoms with Crippen LogP contribution in [0.5, 0.6) is 17.2 Å². The van der Waals surface area contributed by atoms with Crippen molar-refractivity contribution in [3.8, 4) is 17.2 Å². The van der Waals surface area contributed by atoms with Gasteiger partial charge in [-0.05, 0) is 48.9 Å². The summed E-state index contributed by atoms with van der Waals surface area (Å²) in [6.07, 6.45) is 0. The molecule has 0 amide bonds. The number of halogens is 3. The molecule has 0 N–H and O–H groups in total. The van der Waals surface area contributed by atoms with Crippen molar-refractivity contribution in [1.29, 1.82) is 0 Å². The molecule has 0 saturated heterocycles. The Balaban J connectivity index is 2.07. The summed E-state index contributed by atoms with van der Waals surface area (Å²) in [5.41, 5.74) is -2.64. The molecule has 0 spiro atoms. The van der Waals surface area contributed by atoms with Crippen molar-refractivity contribution in [2.24, 2.45) is 0 Å². The molecule has 5 heteroatoms. The molecule has 100 valence electrons. The molecule has 0 heterocycles. The largest absolute Gasteiger partial charge is 0.487 e. The lowest BCUT2D eigenvalue weighted by Gasteiger charge is -2.11. The van der Waals surface area contributed by atoms with Crippen LogP contribution in [-0.4, -0.2) is 5.57 Å². The Kier molecular flexibility index (Phi) is 3.90. The summed E-state index contributed by atoms with van der Waals surface area (Å²) in [6.45, 7) is 1.95. The molecule has 2 rings (SSSR count). The normalized spacial score (nSPS) is 11.2. The van der Waals surface area contributed by atoms with Crippen LogP contribution in [0.4, 0.5) is 8.78 Å². The molecule has 0 bridgehead atoms. The standard InChI is InChI=1S/C14H11ClF2O2/c1-10-3-2-4-13(9-10)18-11-5-7-12(8-6-11)19-14(15,16)17/h2-9H,1H3. The Labute approximate surface area is 114 Å². The third-order valence-corrected chi connectivity index (χ3v) is 2.36. The van der Waals surface area contributed by atoms with E-state index in [9.17, 15) is 8.78 Å². The molecule has 2 nitrogen and oxygen atoms in total. The van der Waals surface area contributed by atoms with E-state index in [1.165, 1.54) is 24.3 Å². The molecular formula is C14H11ClF2O2. The monoisotopic (exact) mass is 284 g/mol. The molecule has 0 saturated carbocycles. The van der Waals surface area contributed by atoms with Crippen LogP contribution in [0.25, 0.3) is 0 Å². The summed E-state index contributed by atoms with van der Waals surface area (Å²) in [5, 5.41) is 0. The van der Waals surface area contributed by atoms with E-state index in [4.69, 9.17) is 4.74 Å². The molecule has 0 aliphatic rings. The fraction of sp³-hybridized carbons (Fsp3) is 0.143. The Morgan fingerprint density at radius 2 is 1.58 bits per heavy atom. The van der Waals surface area contributed by atoms with Crippen LogP contribution in [0.3, 0.4) is 0 Å². The van der Waals surface area contributed by atoms with Gasteiger partial charge >= 0.3 is 5.57 Å². The Morgan fingerprint density at radius 3 is 2.16 bits per heavy atom. The van der Waals surface area contributed by atoms with Crippen molar-refractivity contribution < 1.29 is 18.3 Å². The smallest absolute Gasteiger partial charge is 0.457 e. The van der Waals surface area contributed by atoms with E-state index in [1.54, 1.807) is 0 Å². The van der Waals surface area contributed by atoms with E-state index in [2.05, 4.69) is 16.3 Å². The van der Waals surface area contributed by atoms with Crippen molar-refractivity contribution in [2.75, 3.05) is 0 Å². The molecule has 2 aromatic rings. The number of hydrogen-bond donors (Lipinski definition) is 0. The summed E-state index contributed by atoms with van der Waals surface area (Å²) < 4.78 is 34.6. The minimum Gasteiger partial charge on any atom is -0.457 e.